The number of carbonyl (C=O) groups is 2. The number of rotatable bonds is 3. The van der Waals surface area contributed by atoms with Crippen molar-refractivity contribution >= 4 is 39.4 Å². The van der Waals surface area contributed by atoms with E-state index in [0.717, 1.165) is 33.7 Å². The minimum absolute atomic E-state index is 0.0863. The minimum atomic E-state index is -0.548. The fourth-order valence-electron chi connectivity index (χ4n) is 4.13. The van der Waals surface area contributed by atoms with Crippen molar-refractivity contribution in [3.63, 3.8) is 0 Å². The number of urea groups is 1. The molecule has 8 nitrogen and oxygen atoms in total. The van der Waals surface area contributed by atoms with Gasteiger partial charge in [-0.15, -0.1) is 0 Å². The van der Waals surface area contributed by atoms with E-state index in [4.69, 9.17) is 5.73 Å². The summed E-state index contributed by atoms with van der Waals surface area (Å²) >= 11 is 1.40. The standard InChI is InChI=1S/C21H26N6O2S/c1-12-24-14-8-7-13(10-16(14)27(12)21(2,3)4)17-11-23-19(30-17)25-20(29)26-9-5-6-15(26)18(22)28/h7-8,10-11,15H,5-6,9H2,1-4H3,(H2,22,28)(H,23,25,29). The Hall–Kier alpha value is -2.94. The Kier molecular flexibility index (Phi) is 5.01. The number of nitrogens with zero attached hydrogens (tertiary/aromatic N) is 4. The van der Waals surface area contributed by atoms with Gasteiger partial charge in [0.25, 0.3) is 0 Å². The zero-order valence-electron chi connectivity index (χ0n) is 17.6. The molecule has 0 bridgehead atoms. The number of hydrogen-bond donors (Lipinski definition) is 2. The molecule has 0 radical (unpaired) electrons. The number of carbonyl (C=O) groups excluding carboxylic acids is 2. The first kappa shape index (κ1) is 20.3. The van der Waals surface area contributed by atoms with E-state index in [0.29, 0.717) is 18.1 Å². The number of likely N-dealkylation sites (tertiary alicyclic amines) is 1. The number of nitrogens with two attached hydrogens (primary N) is 1. The van der Waals surface area contributed by atoms with E-state index >= 15 is 0 Å². The number of anilines is 1. The van der Waals surface area contributed by atoms with Gasteiger partial charge in [0.15, 0.2) is 5.13 Å². The lowest BCUT2D eigenvalue weighted by Crippen LogP contribution is -2.45. The minimum Gasteiger partial charge on any atom is -0.368 e. The van der Waals surface area contributed by atoms with E-state index in [1.165, 1.54) is 16.2 Å². The molecular formula is C21H26N6O2S. The van der Waals surface area contributed by atoms with Crippen molar-refractivity contribution in [1.29, 1.82) is 0 Å². The Morgan fingerprint density at radius 2 is 2.07 bits per heavy atom. The molecule has 0 aliphatic carbocycles. The molecule has 30 heavy (non-hydrogen) atoms. The van der Waals surface area contributed by atoms with Crippen LogP contribution < -0.4 is 11.1 Å². The molecule has 3 heterocycles. The molecule has 3 N–H and O–H groups in total. The van der Waals surface area contributed by atoms with Crippen LogP contribution in [0.25, 0.3) is 21.5 Å². The van der Waals surface area contributed by atoms with Crippen molar-refractivity contribution in [2.24, 2.45) is 5.73 Å². The molecule has 3 aromatic rings. The van der Waals surface area contributed by atoms with Crippen molar-refractivity contribution in [1.82, 2.24) is 19.4 Å². The van der Waals surface area contributed by atoms with E-state index in [-0.39, 0.29) is 11.6 Å². The van der Waals surface area contributed by atoms with Crippen molar-refractivity contribution in [3.05, 3.63) is 30.2 Å². The van der Waals surface area contributed by atoms with Crippen LogP contribution >= 0.6 is 11.3 Å². The van der Waals surface area contributed by atoms with Crippen LogP contribution in [0.15, 0.2) is 24.4 Å². The highest BCUT2D eigenvalue weighted by atomic mass is 32.1. The molecule has 1 fully saturated rings. The highest BCUT2D eigenvalue weighted by Crippen LogP contribution is 2.33. The third-order valence-electron chi connectivity index (χ3n) is 5.34. The molecule has 0 saturated carbocycles. The zero-order valence-corrected chi connectivity index (χ0v) is 18.4. The normalized spacial score (nSPS) is 16.9. The Bertz CT molecular complexity index is 1130. The average molecular weight is 427 g/mol. The Balaban J connectivity index is 1.59. The van der Waals surface area contributed by atoms with Gasteiger partial charge in [-0.2, -0.15) is 0 Å². The van der Waals surface area contributed by atoms with Crippen LogP contribution in [-0.2, 0) is 10.3 Å². The molecule has 1 aliphatic rings. The summed E-state index contributed by atoms with van der Waals surface area (Å²) in [6.45, 7) is 9.01. The SMILES string of the molecule is Cc1nc2ccc(-c3cnc(NC(=O)N4CCCC4C(N)=O)s3)cc2n1C(C)(C)C. The number of aromatic nitrogens is 3. The lowest BCUT2D eigenvalue weighted by Gasteiger charge is -2.23. The van der Waals surface area contributed by atoms with Crippen molar-refractivity contribution in [2.45, 2.75) is 52.1 Å². The largest absolute Gasteiger partial charge is 0.368 e. The summed E-state index contributed by atoms with van der Waals surface area (Å²) in [5.41, 5.74) is 8.36. The molecule has 1 atom stereocenters. The van der Waals surface area contributed by atoms with Crippen LogP contribution in [0.2, 0.25) is 0 Å². The lowest BCUT2D eigenvalue weighted by atomic mass is 10.1. The number of primary amides is 1. The van der Waals surface area contributed by atoms with Crippen molar-refractivity contribution < 1.29 is 9.59 Å². The summed E-state index contributed by atoms with van der Waals surface area (Å²) in [7, 11) is 0. The number of amides is 3. The number of imidazole rings is 1. The third-order valence-corrected chi connectivity index (χ3v) is 6.30. The quantitative estimate of drug-likeness (QED) is 0.666. The van der Waals surface area contributed by atoms with E-state index in [2.05, 4.69) is 46.7 Å². The Morgan fingerprint density at radius 1 is 1.30 bits per heavy atom. The molecule has 9 heteroatoms. The molecular weight excluding hydrogens is 400 g/mol. The van der Waals surface area contributed by atoms with E-state index in [1.54, 1.807) is 6.20 Å². The molecule has 0 spiro atoms. The Morgan fingerprint density at radius 3 is 2.77 bits per heavy atom. The van der Waals surface area contributed by atoms with Crippen molar-refractivity contribution in [3.8, 4) is 10.4 Å². The summed E-state index contributed by atoms with van der Waals surface area (Å²) in [5.74, 6) is 0.503. The first-order chi connectivity index (χ1) is 14.1. The zero-order chi connectivity index (χ0) is 21.6. The second kappa shape index (κ2) is 7.39. The van der Waals surface area contributed by atoms with Gasteiger partial charge in [-0.25, -0.2) is 14.8 Å². The third kappa shape index (κ3) is 3.65. The second-order valence-corrected chi connectivity index (χ2v) is 9.61. The van der Waals surface area contributed by atoms with Gasteiger partial charge in [0, 0.05) is 18.3 Å². The van der Waals surface area contributed by atoms with Gasteiger partial charge in [-0.05, 0) is 58.2 Å². The van der Waals surface area contributed by atoms with Gasteiger partial charge in [0.05, 0.1) is 15.9 Å². The lowest BCUT2D eigenvalue weighted by molar-refractivity contribution is -0.121. The number of fused-ring (bicyclic) bond motifs is 1. The maximum Gasteiger partial charge on any atom is 0.324 e. The summed E-state index contributed by atoms with van der Waals surface area (Å²) in [5, 5.41) is 3.30. The Labute approximate surface area is 179 Å². The van der Waals surface area contributed by atoms with Gasteiger partial charge in [0.1, 0.15) is 11.9 Å². The van der Waals surface area contributed by atoms with Gasteiger partial charge >= 0.3 is 6.03 Å². The second-order valence-electron chi connectivity index (χ2n) is 8.58. The van der Waals surface area contributed by atoms with Gasteiger partial charge in [-0.1, -0.05) is 17.4 Å². The maximum atomic E-state index is 12.6. The van der Waals surface area contributed by atoms with Crippen LogP contribution in [-0.4, -0.2) is 44.0 Å². The van der Waals surface area contributed by atoms with Crippen LogP contribution in [0.1, 0.15) is 39.4 Å². The maximum absolute atomic E-state index is 12.6. The summed E-state index contributed by atoms with van der Waals surface area (Å²) in [4.78, 5) is 35.6. The van der Waals surface area contributed by atoms with Gasteiger partial charge in [0.2, 0.25) is 5.91 Å². The van der Waals surface area contributed by atoms with Gasteiger partial charge < -0.3 is 15.2 Å². The van der Waals surface area contributed by atoms with Gasteiger partial charge in [-0.3, -0.25) is 10.1 Å². The first-order valence-electron chi connectivity index (χ1n) is 9.98. The molecule has 1 saturated heterocycles. The molecule has 3 amide bonds. The predicted molar refractivity (Wildman–Crippen MR) is 119 cm³/mol. The van der Waals surface area contributed by atoms with Crippen LogP contribution in [0.5, 0.6) is 0 Å². The average Bonchev–Trinajstić information content (AvgIpc) is 3.37. The van der Waals surface area contributed by atoms with Crippen LogP contribution in [0.3, 0.4) is 0 Å². The van der Waals surface area contributed by atoms with E-state index in [9.17, 15) is 9.59 Å². The number of hydrogen-bond acceptors (Lipinski definition) is 5. The number of thiazole rings is 1. The summed E-state index contributed by atoms with van der Waals surface area (Å²) < 4.78 is 2.23. The molecule has 1 aromatic carbocycles. The van der Waals surface area contributed by atoms with Crippen LogP contribution in [0.4, 0.5) is 9.93 Å². The highest BCUT2D eigenvalue weighted by molar-refractivity contribution is 7.19. The van der Waals surface area contributed by atoms with E-state index < -0.39 is 11.9 Å². The highest BCUT2D eigenvalue weighted by Gasteiger charge is 2.33. The topological polar surface area (TPSA) is 106 Å². The molecule has 158 valence electrons. The van der Waals surface area contributed by atoms with Crippen LogP contribution in [0, 0.1) is 6.92 Å². The summed E-state index contributed by atoms with van der Waals surface area (Å²) in [6, 6.07) is 5.26. The predicted octanol–water partition coefficient (Wildman–Crippen LogP) is 3.70. The monoisotopic (exact) mass is 426 g/mol. The number of benzene rings is 1. The smallest absolute Gasteiger partial charge is 0.324 e. The summed E-state index contributed by atoms with van der Waals surface area (Å²) in [6.07, 6.45) is 3.12. The fourth-order valence-corrected chi connectivity index (χ4v) is 4.93. The molecule has 1 aliphatic heterocycles. The fraction of sp³-hybridized carbons (Fsp3) is 0.429. The molecule has 4 rings (SSSR count). The van der Waals surface area contributed by atoms with Crippen molar-refractivity contribution in [2.75, 3.05) is 11.9 Å². The molecule has 1 unspecified atom stereocenters. The van der Waals surface area contributed by atoms with E-state index in [1.807, 2.05) is 19.1 Å². The number of aryl methyl sites for hydroxylation is 1. The molecule has 2 aromatic heterocycles. The number of nitrogens with one attached hydrogen (secondary N) is 1. The first-order valence-corrected chi connectivity index (χ1v) is 10.8.